The minimum Gasteiger partial charge on any atom is -0.378 e. The monoisotopic (exact) mass is 220 g/mol. The van der Waals surface area contributed by atoms with Gasteiger partial charge in [-0.25, -0.2) is 9.97 Å². The van der Waals surface area contributed by atoms with E-state index >= 15 is 0 Å². The Bertz CT molecular complexity index is 549. The molecular formula is C8H8N6O2. The van der Waals surface area contributed by atoms with E-state index in [1.54, 1.807) is 13.1 Å². The molecule has 16 heavy (non-hydrogen) atoms. The molecule has 82 valence electrons. The van der Waals surface area contributed by atoms with Gasteiger partial charge in [-0.15, -0.1) is 0 Å². The van der Waals surface area contributed by atoms with Gasteiger partial charge in [-0.1, -0.05) is 0 Å². The van der Waals surface area contributed by atoms with Crippen LogP contribution in [0.5, 0.6) is 0 Å². The molecule has 2 N–H and O–H groups in total. The molecule has 8 heteroatoms. The normalized spacial score (nSPS) is 10.3. The molecule has 2 aromatic rings. The average Bonchev–Trinajstić information content (AvgIpc) is 2.63. The molecule has 8 nitrogen and oxygen atoms in total. The Morgan fingerprint density at radius 3 is 2.81 bits per heavy atom. The van der Waals surface area contributed by atoms with E-state index < -0.39 is 4.92 Å². The van der Waals surface area contributed by atoms with Gasteiger partial charge < -0.3 is 5.73 Å². The maximum Gasteiger partial charge on any atom is 0.338 e. The van der Waals surface area contributed by atoms with E-state index in [9.17, 15) is 10.1 Å². The van der Waals surface area contributed by atoms with Crippen LogP contribution in [0.25, 0.3) is 11.4 Å². The lowest BCUT2D eigenvalue weighted by Gasteiger charge is -2.03. The fraction of sp³-hybridized carbons (Fsp3) is 0.125. The molecule has 0 saturated heterocycles. The molecule has 0 aromatic carbocycles. The lowest BCUT2D eigenvalue weighted by Crippen LogP contribution is -2.04. The Kier molecular flexibility index (Phi) is 2.24. The molecule has 0 unspecified atom stereocenters. The van der Waals surface area contributed by atoms with Crippen molar-refractivity contribution >= 4 is 11.5 Å². The van der Waals surface area contributed by atoms with Crippen LogP contribution in [0.15, 0.2) is 18.6 Å². The van der Waals surface area contributed by atoms with Crippen LogP contribution in [0.1, 0.15) is 0 Å². The van der Waals surface area contributed by atoms with Gasteiger partial charge in [0.25, 0.3) is 0 Å². The van der Waals surface area contributed by atoms with Gasteiger partial charge in [-0.3, -0.25) is 14.8 Å². The maximum absolute atomic E-state index is 10.9. The van der Waals surface area contributed by atoms with E-state index in [-0.39, 0.29) is 17.2 Å². The first-order valence-electron chi connectivity index (χ1n) is 4.34. The summed E-state index contributed by atoms with van der Waals surface area (Å²) < 4.78 is 1.48. The van der Waals surface area contributed by atoms with Crippen molar-refractivity contribution in [2.24, 2.45) is 7.05 Å². The quantitative estimate of drug-likeness (QED) is 0.577. The third-order valence-electron chi connectivity index (χ3n) is 2.10. The number of rotatable bonds is 2. The number of aromatic nitrogens is 4. The summed E-state index contributed by atoms with van der Waals surface area (Å²) in [5, 5.41) is 14.8. The van der Waals surface area contributed by atoms with E-state index in [4.69, 9.17) is 5.73 Å². The first kappa shape index (κ1) is 10.0. The number of hydrogen-bond acceptors (Lipinski definition) is 6. The minimum atomic E-state index is -0.600. The van der Waals surface area contributed by atoms with Crippen molar-refractivity contribution in [3.05, 3.63) is 28.7 Å². The summed E-state index contributed by atoms with van der Waals surface area (Å²) in [6.45, 7) is 0. The third-order valence-corrected chi connectivity index (χ3v) is 2.10. The highest BCUT2D eigenvalue weighted by Gasteiger charge is 2.23. The Morgan fingerprint density at radius 2 is 2.25 bits per heavy atom. The topological polar surface area (TPSA) is 113 Å². The standard InChI is InChI=1S/C8H8N6O2/c1-13-5(2-3-12-13)6-7(14(15)16)8(9)11-4-10-6/h2-4H,1H3,(H2,9,10,11). The molecule has 2 rings (SSSR count). The Morgan fingerprint density at radius 1 is 1.50 bits per heavy atom. The smallest absolute Gasteiger partial charge is 0.338 e. The van der Waals surface area contributed by atoms with Gasteiger partial charge in [-0.2, -0.15) is 5.10 Å². The van der Waals surface area contributed by atoms with Crippen LogP contribution in [0.4, 0.5) is 11.5 Å². The molecule has 0 aliphatic rings. The second-order valence-corrected chi connectivity index (χ2v) is 3.05. The zero-order valence-electron chi connectivity index (χ0n) is 8.36. The highest BCUT2D eigenvalue weighted by molar-refractivity contribution is 5.73. The molecule has 2 heterocycles. The summed E-state index contributed by atoms with van der Waals surface area (Å²) in [7, 11) is 1.66. The van der Waals surface area contributed by atoms with Crippen molar-refractivity contribution in [1.82, 2.24) is 19.7 Å². The van der Waals surface area contributed by atoms with E-state index in [0.29, 0.717) is 5.69 Å². The van der Waals surface area contributed by atoms with Crippen LogP contribution >= 0.6 is 0 Å². The van der Waals surface area contributed by atoms with Gasteiger partial charge in [0.1, 0.15) is 6.33 Å². The van der Waals surface area contributed by atoms with E-state index in [1.165, 1.54) is 17.2 Å². The predicted octanol–water partition coefficient (Wildman–Crippen LogP) is 0.367. The van der Waals surface area contributed by atoms with Crippen molar-refractivity contribution < 1.29 is 4.92 Å². The lowest BCUT2D eigenvalue weighted by molar-refractivity contribution is -0.383. The van der Waals surface area contributed by atoms with E-state index in [0.717, 1.165) is 0 Å². The van der Waals surface area contributed by atoms with E-state index in [1.807, 2.05) is 0 Å². The highest BCUT2D eigenvalue weighted by Crippen LogP contribution is 2.30. The Labute approximate surface area is 89.9 Å². The SMILES string of the molecule is Cn1nccc1-c1ncnc(N)c1[N+](=O)[O-]. The summed E-state index contributed by atoms with van der Waals surface area (Å²) >= 11 is 0. The first-order chi connectivity index (χ1) is 7.61. The van der Waals surface area contributed by atoms with Crippen LogP contribution in [0.3, 0.4) is 0 Å². The largest absolute Gasteiger partial charge is 0.378 e. The Hall–Kier alpha value is -2.51. The van der Waals surface area contributed by atoms with Crippen molar-refractivity contribution in [3.8, 4) is 11.4 Å². The van der Waals surface area contributed by atoms with Gasteiger partial charge in [0.05, 0.1) is 10.6 Å². The van der Waals surface area contributed by atoms with Crippen molar-refractivity contribution in [2.45, 2.75) is 0 Å². The van der Waals surface area contributed by atoms with Crippen molar-refractivity contribution in [2.75, 3.05) is 5.73 Å². The summed E-state index contributed by atoms with van der Waals surface area (Å²) in [6.07, 6.45) is 2.71. The summed E-state index contributed by atoms with van der Waals surface area (Å²) in [5.74, 6) is -0.156. The molecule has 0 saturated carbocycles. The molecule has 0 fully saturated rings. The molecule has 0 aliphatic heterocycles. The third kappa shape index (κ3) is 1.45. The molecule has 2 aromatic heterocycles. The van der Waals surface area contributed by atoms with Crippen LogP contribution in [-0.2, 0) is 7.05 Å². The zero-order chi connectivity index (χ0) is 11.7. The van der Waals surface area contributed by atoms with Gasteiger partial charge in [0.2, 0.25) is 5.82 Å². The van der Waals surface area contributed by atoms with Crippen LogP contribution < -0.4 is 5.73 Å². The number of anilines is 1. The molecule has 0 atom stereocenters. The van der Waals surface area contributed by atoms with Crippen LogP contribution in [-0.4, -0.2) is 24.7 Å². The Balaban J connectivity index is 2.70. The van der Waals surface area contributed by atoms with Crippen molar-refractivity contribution in [3.63, 3.8) is 0 Å². The molecule has 0 aliphatic carbocycles. The highest BCUT2D eigenvalue weighted by atomic mass is 16.6. The van der Waals surface area contributed by atoms with Crippen LogP contribution in [0, 0.1) is 10.1 Å². The first-order valence-corrected chi connectivity index (χ1v) is 4.34. The average molecular weight is 220 g/mol. The van der Waals surface area contributed by atoms with Gasteiger partial charge in [0, 0.05) is 13.2 Å². The van der Waals surface area contributed by atoms with Gasteiger partial charge in [-0.05, 0) is 6.07 Å². The van der Waals surface area contributed by atoms with Gasteiger partial charge >= 0.3 is 5.69 Å². The number of nitrogens with two attached hydrogens (primary N) is 1. The number of aryl methyl sites for hydroxylation is 1. The van der Waals surface area contributed by atoms with Crippen LogP contribution in [0.2, 0.25) is 0 Å². The molecule has 0 spiro atoms. The summed E-state index contributed by atoms with van der Waals surface area (Å²) in [6, 6.07) is 1.62. The maximum atomic E-state index is 10.9. The summed E-state index contributed by atoms with van der Waals surface area (Å²) in [5.41, 5.74) is 5.84. The lowest BCUT2D eigenvalue weighted by atomic mass is 10.2. The minimum absolute atomic E-state index is 0.156. The predicted molar refractivity (Wildman–Crippen MR) is 55.3 cm³/mol. The fourth-order valence-electron chi connectivity index (χ4n) is 1.37. The summed E-state index contributed by atoms with van der Waals surface area (Å²) in [4.78, 5) is 17.7. The molecule has 0 radical (unpaired) electrons. The second kappa shape index (κ2) is 3.57. The zero-order valence-corrected chi connectivity index (χ0v) is 8.36. The number of nitrogen functional groups attached to an aromatic ring is 1. The fourth-order valence-corrected chi connectivity index (χ4v) is 1.37. The van der Waals surface area contributed by atoms with Gasteiger partial charge in [0.15, 0.2) is 5.69 Å². The van der Waals surface area contributed by atoms with E-state index in [2.05, 4.69) is 15.1 Å². The molecule has 0 amide bonds. The van der Waals surface area contributed by atoms with Crippen molar-refractivity contribution in [1.29, 1.82) is 0 Å². The second-order valence-electron chi connectivity index (χ2n) is 3.05. The molecule has 0 bridgehead atoms. The number of hydrogen-bond donors (Lipinski definition) is 1. The number of nitrogens with zero attached hydrogens (tertiary/aromatic N) is 5. The molecular weight excluding hydrogens is 212 g/mol. The number of nitro groups is 1.